The van der Waals surface area contributed by atoms with Gasteiger partial charge >= 0.3 is 0 Å². The molecule has 2 aromatic carbocycles. The highest BCUT2D eigenvalue weighted by Crippen LogP contribution is 2.30. The predicted octanol–water partition coefficient (Wildman–Crippen LogP) is 5.23. The van der Waals surface area contributed by atoms with Gasteiger partial charge in [0, 0.05) is 20.9 Å². The van der Waals surface area contributed by atoms with E-state index in [0.29, 0.717) is 0 Å². The van der Waals surface area contributed by atoms with Crippen LogP contribution in [0.1, 0.15) is 17.6 Å². The van der Waals surface area contributed by atoms with Crippen molar-refractivity contribution < 1.29 is 0 Å². The van der Waals surface area contributed by atoms with E-state index in [4.69, 9.17) is 0 Å². The molecule has 0 aliphatic rings. The van der Waals surface area contributed by atoms with Crippen LogP contribution in [-0.4, -0.2) is 4.98 Å². The van der Waals surface area contributed by atoms with Crippen LogP contribution >= 0.6 is 27.3 Å². The largest absolute Gasteiger partial charge is 0.379 e. The summed E-state index contributed by atoms with van der Waals surface area (Å²) in [6, 6.07) is 12.6. The number of rotatable bonds is 4. The Morgan fingerprint density at radius 3 is 2.70 bits per heavy atom. The first-order valence-electron chi connectivity index (χ1n) is 6.62. The van der Waals surface area contributed by atoms with Crippen molar-refractivity contribution >= 4 is 43.7 Å². The maximum atomic E-state index is 4.59. The molecule has 4 heteroatoms. The van der Waals surface area contributed by atoms with Gasteiger partial charge in [-0.05, 0) is 23.9 Å². The lowest BCUT2D eigenvalue weighted by Gasteiger charge is -2.10. The summed E-state index contributed by atoms with van der Waals surface area (Å²) < 4.78 is 1.13. The Kier molecular flexibility index (Phi) is 4.03. The fourth-order valence-corrected chi connectivity index (χ4v) is 3.42. The molecule has 20 heavy (non-hydrogen) atoms. The molecule has 1 N–H and O–H groups in total. The Hall–Kier alpha value is -1.39. The normalized spacial score (nSPS) is 10.9. The summed E-state index contributed by atoms with van der Waals surface area (Å²) in [5.41, 5.74) is 2.26. The van der Waals surface area contributed by atoms with Crippen LogP contribution in [-0.2, 0) is 13.0 Å². The third kappa shape index (κ3) is 2.72. The van der Waals surface area contributed by atoms with E-state index in [1.54, 1.807) is 11.3 Å². The van der Waals surface area contributed by atoms with Crippen LogP contribution in [0.15, 0.2) is 46.3 Å². The maximum absolute atomic E-state index is 4.59. The first-order valence-corrected chi connectivity index (χ1v) is 8.29. The van der Waals surface area contributed by atoms with Crippen molar-refractivity contribution in [2.75, 3.05) is 5.32 Å². The zero-order chi connectivity index (χ0) is 13.9. The molecule has 1 heterocycles. The highest BCUT2D eigenvalue weighted by Gasteiger charge is 2.05. The van der Waals surface area contributed by atoms with Gasteiger partial charge in [-0.2, -0.15) is 0 Å². The third-order valence-corrected chi connectivity index (χ3v) is 4.97. The lowest BCUT2D eigenvalue weighted by atomic mass is 10.1. The van der Waals surface area contributed by atoms with E-state index >= 15 is 0 Å². The summed E-state index contributed by atoms with van der Waals surface area (Å²) in [4.78, 5) is 4.59. The van der Waals surface area contributed by atoms with Crippen LogP contribution in [0.5, 0.6) is 0 Å². The zero-order valence-corrected chi connectivity index (χ0v) is 13.6. The summed E-state index contributed by atoms with van der Waals surface area (Å²) in [5, 5.41) is 9.28. The van der Waals surface area contributed by atoms with Gasteiger partial charge < -0.3 is 5.32 Å². The van der Waals surface area contributed by atoms with Gasteiger partial charge in [0.05, 0.1) is 17.2 Å². The summed E-state index contributed by atoms with van der Waals surface area (Å²) >= 11 is 5.33. The molecule has 0 fully saturated rings. The van der Waals surface area contributed by atoms with Gasteiger partial charge in [-0.3, -0.25) is 0 Å². The molecule has 0 radical (unpaired) electrons. The molecule has 0 aliphatic carbocycles. The Balaban J connectivity index is 1.86. The molecule has 0 bridgehead atoms. The van der Waals surface area contributed by atoms with Crippen molar-refractivity contribution in [2.24, 2.45) is 0 Å². The summed E-state index contributed by atoms with van der Waals surface area (Å²) in [6.45, 7) is 2.90. The highest BCUT2D eigenvalue weighted by atomic mass is 79.9. The molecule has 0 unspecified atom stereocenters. The van der Waals surface area contributed by atoms with E-state index in [9.17, 15) is 0 Å². The molecule has 2 nitrogen and oxygen atoms in total. The maximum Gasteiger partial charge on any atom is 0.0926 e. The number of nitrogens with one attached hydrogen (secondary N) is 1. The van der Waals surface area contributed by atoms with Crippen LogP contribution in [0.4, 0.5) is 5.69 Å². The molecule has 1 aromatic heterocycles. The predicted molar refractivity (Wildman–Crippen MR) is 90.5 cm³/mol. The lowest BCUT2D eigenvalue weighted by Crippen LogP contribution is -2.00. The molecular formula is C16H15BrN2S. The first-order chi connectivity index (χ1) is 9.78. The third-order valence-electron chi connectivity index (χ3n) is 3.23. The molecule has 0 saturated heterocycles. The molecular weight excluding hydrogens is 332 g/mol. The van der Waals surface area contributed by atoms with Gasteiger partial charge in [0.1, 0.15) is 0 Å². The van der Waals surface area contributed by atoms with Crippen LogP contribution in [0.25, 0.3) is 10.8 Å². The molecule has 0 aliphatic heterocycles. The van der Waals surface area contributed by atoms with Crippen LogP contribution in [0.3, 0.4) is 0 Å². The minimum absolute atomic E-state index is 0.766. The molecule has 0 atom stereocenters. The second-order valence-electron chi connectivity index (χ2n) is 4.58. The number of aromatic nitrogens is 1. The molecule has 102 valence electrons. The van der Waals surface area contributed by atoms with Gasteiger partial charge in [0.25, 0.3) is 0 Å². The van der Waals surface area contributed by atoms with E-state index in [0.717, 1.165) is 28.8 Å². The van der Waals surface area contributed by atoms with E-state index in [1.807, 2.05) is 0 Å². The van der Waals surface area contributed by atoms with Gasteiger partial charge in [-0.25, -0.2) is 4.98 Å². The molecule has 3 aromatic rings. The van der Waals surface area contributed by atoms with Crippen molar-refractivity contribution in [1.29, 1.82) is 0 Å². The number of hydrogen-bond acceptors (Lipinski definition) is 3. The van der Waals surface area contributed by atoms with Crippen molar-refractivity contribution in [1.82, 2.24) is 4.98 Å². The van der Waals surface area contributed by atoms with Gasteiger partial charge in [-0.1, -0.05) is 47.1 Å². The fraction of sp³-hybridized carbons (Fsp3) is 0.188. The zero-order valence-electron chi connectivity index (χ0n) is 11.2. The van der Waals surface area contributed by atoms with Gasteiger partial charge in [0.15, 0.2) is 0 Å². The van der Waals surface area contributed by atoms with Crippen LogP contribution in [0.2, 0.25) is 0 Å². The quantitative estimate of drug-likeness (QED) is 0.699. The summed E-state index contributed by atoms with van der Waals surface area (Å²) in [5.74, 6) is 0. The topological polar surface area (TPSA) is 24.9 Å². The van der Waals surface area contributed by atoms with Crippen molar-refractivity contribution in [3.05, 3.63) is 57.0 Å². The Bertz CT molecular complexity index is 736. The molecule has 0 saturated carbocycles. The molecule has 3 rings (SSSR count). The van der Waals surface area contributed by atoms with Crippen molar-refractivity contribution in [3.8, 4) is 0 Å². The number of hydrogen-bond donors (Lipinski definition) is 1. The second-order valence-corrected chi connectivity index (χ2v) is 6.38. The number of halogens is 1. The number of nitrogens with zero attached hydrogens (tertiary/aromatic N) is 1. The van der Waals surface area contributed by atoms with E-state index < -0.39 is 0 Å². The minimum atomic E-state index is 0.766. The number of anilines is 1. The monoisotopic (exact) mass is 346 g/mol. The Labute approximate surface area is 131 Å². The Morgan fingerprint density at radius 1 is 1.15 bits per heavy atom. The number of aryl methyl sites for hydroxylation is 1. The van der Waals surface area contributed by atoms with Crippen molar-refractivity contribution in [3.63, 3.8) is 0 Å². The van der Waals surface area contributed by atoms with E-state index in [-0.39, 0.29) is 0 Å². The smallest absolute Gasteiger partial charge is 0.0926 e. The molecule has 0 amide bonds. The fourth-order valence-electron chi connectivity index (χ4n) is 2.19. The Morgan fingerprint density at radius 2 is 1.95 bits per heavy atom. The number of benzene rings is 2. The summed E-state index contributed by atoms with van der Waals surface area (Å²) in [7, 11) is 0. The van der Waals surface area contributed by atoms with Gasteiger partial charge in [-0.15, -0.1) is 11.3 Å². The average molecular weight is 347 g/mol. The van der Waals surface area contributed by atoms with E-state index in [1.165, 1.54) is 15.8 Å². The first kappa shape index (κ1) is 13.6. The van der Waals surface area contributed by atoms with E-state index in [2.05, 4.69) is 74.9 Å². The van der Waals surface area contributed by atoms with Crippen LogP contribution < -0.4 is 5.32 Å². The highest BCUT2D eigenvalue weighted by molar-refractivity contribution is 9.10. The SMILES string of the molecule is CCc1nc(CNc2ccc(Br)c3ccccc23)cs1. The second kappa shape index (κ2) is 5.94. The minimum Gasteiger partial charge on any atom is -0.379 e. The summed E-state index contributed by atoms with van der Waals surface area (Å²) in [6.07, 6.45) is 1.01. The standard InChI is InChI=1S/C16H15BrN2S/c1-2-16-19-11(10-20-16)9-18-15-8-7-14(17)12-5-3-4-6-13(12)15/h3-8,10,18H,2,9H2,1H3. The van der Waals surface area contributed by atoms with Crippen molar-refractivity contribution in [2.45, 2.75) is 19.9 Å². The van der Waals surface area contributed by atoms with Gasteiger partial charge in [0.2, 0.25) is 0 Å². The van der Waals surface area contributed by atoms with Crippen LogP contribution in [0, 0.1) is 0 Å². The number of fused-ring (bicyclic) bond motifs is 1. The molecule has 0 spiro atoms. The number of thiazole rings is 1. The average Bonchev–Trinajstić information content (AvgIpc) is 2.95. The lowest BCUT2D eigenvalue weighted by molar-refractivity contribution is 1.01.